The van der Waals surface area contributed by atoms with E-state index in [0.717, 1.165) is 24.8 Å². The Kier molecular flexibility index (Phi) is 5.43. The molecule has 2 atom stereocenters. The molecule has 0 N–H and O–H groups in total. The van der Waals surface area contributed by atoms with E-state index in [9.17, 15) is 4.79 Å². The van der Waals surface area contributed by atoms with Crippen LogP contribution in [0.4, 0.5) is 0 Å². The Bertz CT molecular complexity index is 609. The molecule has 3 nitrogen and oxygen atoms in total. The molecule has 0 aliphatic heterocycles. The van der Waals surface area contributed by atoms with Gasteiger partial charge in [0.1, 0.15) is 6.61 Å². The Labute approximate surface area is 137 Å². The van der Waals surface area contributed by atoms with Crippen molar-refractivity contribution in [2.45, 2.75) is 38.6 Å². The van der Waals surface area contributed by atoms with E-state index in [1.54, 1.807) is 0 Å². The largest absolute Gasteiger partial charge is 0.461 e. The minimum atomic E-state index is -0.0975. The van der Waals surface area contributed by atoms with Gasteiger partial charge in [-0.25, -0.2) is 0 Å². The summed E-state index contributed by atoms with van der Waals surface area (Å²) in [6.45, 7) is 0.961. The normalized spacial score (nSPS) is 20.3. The number of carbonyl (C=O) groups excluding carboxylic acids is 1. The lowest BCUT2D eigenvalue weighted by molar-refractivity contribution is -0.150. The first kappa shape index (κ1) is 15.8. The van der Waals surface area contributed by atoms with Gasteiger partial charge in [0.25, 0.3) is 0 Å². The number of ether oxygens (including phenoxy) is 2. The second-order valence-corrected chi connectivity index (χ2v) is 6.02. The first-order valence-corrected chi connectivity index (χ1v) is 8.17. The number of esters is 1. The quantitative estimate of drug-likeness (QED) is 0.753. The van der Waals surface area contributed by atoms with E-state index in [0.29, 0.717) is 13.2 Å². The summed E-state index contributed by atoms with van der Waals surface area (Å²) >= 11 is 0. The highest BCUT2D eigenvalue weighted by atomic mass is 16.5. The van der Waals surface area contributed by atoms with E-state index in [-0.39, 0.29) is 18.0 Å². The fourth-order valence-corrected chi connectivity index (χ4v) is 2.94. The smallest absolute Gasteiger partial charge is 0.309 e. The molecule has 120 valence electrons. The van der Waals surface area contributed by atoms with E-state index < -0.39 is 0 Å². The fraction of sp³-hybridized carbons (Fsp3) is 0.350. The third kappa shape index (κ3) is 4.67. The minimum absolute atomic E-state index is 0.0283. The Morgan fingerprint density at radius 2 is 1.48 bits per heavy atom. The molecule has 0 bridgehead atoms. The summed E-state index contributed by atoms with van der Waals surface area (Å²) in [5.74, 6) is -0.126. The zero-order chi connectivity index (χ0) is 15.9. The summed E-state index contributed by atoms with van der Waals surface area (Å²) < 4.78 is 11.4. The van der Waals surface area contributed by atoms with Crippen molar-refractivity contribution >= 4 is 5.97 Å². The van der Waals surface area contributed by atoms with Crippen LogP contribution in [0.25, 0.3) is 0 Å². The number of hydrogen-bond donors (Lipinski definition) is 0. The molecule has 0 radical (unpaired) electrons. The van der Waals surface area contributed by atoms with Crippen LogP contribution in [0.1, 0.15) is 30.4 Å². The molecule has 0 heterocycles. The highest BCUT2D eigenvalue weighted by Crippen LogP contribution is 2.29. The summed E-state index contributed by atoms with van der Waals surface area (Å²) in [6.07, 6.45) is 2.70. The van der Waals surface area contributed by atoms with Gasteiger partial charge in [-0.15, -0.1) is 0 Å². The molecule has 0 spiro atoms. The third-order valence-electron chi connectivity index (χ3n) is 4.27. The van der Waals surface area contributed by atoms with Crippen LogP contribution in [0.3, 0.4) is 0 Å². The van der Waals surface area contributed by atoms with Crippen LogP contribution in [0.2, 0.25) is 0 Å². The second kappa shape index (κ2) is 7.93. The summed E-state index contributed by atoms with van der Waals surface area (Å²) in [5, 5.41) is 0. The Morgan fingerprint density at radius 1 is 0.870 bits per heavy atom. The van der Waals surface area contributed by atoms with Gasteiger partial charge in [-0.05, 0) is 30.4 Å². The van der Waals surface area contributed by atoms with Crippen LogP contribution in [-0.4, -0.2) is 12.1 Å². The van der Waals surface area contributed by atoms with E-state index in [2.05, 4.69) is 12.1 Å². The van der Waals surface area contributed by atoms with Crippen LogP contribution >= 0.6 is 0 Å². The average molecular weight is 310 g/mol. The van der Waals surface area contributed by atoms with Gasteiger partial charge in [-0.2, -0.15) is 0 Å². The third-order valence-corrected chi connectivity index (χ3v) is 4.27. The van der Waals surface area contributed by atoms with Gasteiger partial charge < -0.3 is 9.47 Å². The van der Waals surface area contributed by atoms with Crippen LogP contribution in [-0.2, 0) is 27.5 Å². The van der Waals surface area contributed by atoms with E-state index in [4.69, 9.17) is 9.47 Å². The fourth-order valence-electron chi connectivity index (χ4n) is 2.94. The van der Waals surface area contributed by atoms with E-state index >= 15 is 0 Å². The number of carbonyl (C=O) groups is 1. The van der Waals surface area contributed by atoms with Crippen molar-refractivity contribution in [3.05, 3.63) is 71.8 Å². The maximum absolute atomic E-state index is 12.2. The lowest BCUT2D eigenvalue weighted by Gasteiger charge is -2.13. The SMILES string of the molecule is O=C(OCc1ccccc1)C1CCC(OCc2ccccc2)C1. The molecule has 0 aromatic heterocycles. The number of hydrogen-bond acceptors (Lipinski definition) is 3. The number of rotatable bonds is 6. The molecule has 2 unspecified atom stereocenters. The second-order valence-electron chi connectivity index (χ2n) is 6.02. The molecule has 23 heavy (non-hydrogen) atoms. The molecule has 3 rings (SSSR count). The van der Waals surface area contributed by atoms with Crippen LogP contribution < -0.4 is 0 Å². The highest BCUT2D eigenvalue weighted by Gasteiger charge is 2.31. The molecule has 2 aromatic carbocycles. The first-order chi connectivity index (χ1) is 11.3. The van der Waals surface area contributed by atoms with Gasteiger partial charge in [0.05, 0.1) is 18.6 Å². The zero-order valence-electron chi connectivity index (χ0n) is 13.2. The lowest BCUT2D eigenvalue weighted by Crippen LogP contribution is -2.17. The molecule has 3 heteroatoms. The summed E-state index contributed by atoms with van der Waals surface area (Å²) in [7, 11) is 0. The molecule has 1 fully saturated rings. The predicted octanol–water partition coefficient (Wildman–Crippen LogP) is 4.12. The molecule has 1 aliphatic carbocycles. The number of benzene rings is 2. The Hall–Kier alpha value is -2.13. The molecule has 1 saturated carbocycles. The van der Waals surface area contributed by atoms with Gasteiger partial charge in [-0.3, -0.25) is 4.79 Å². The van der Waals surface area contributed by atoms with Gasteiger partial charge in [-0.1, -0.05) is 60.7 Å². The molecule has 2 aromatic rings. The topological polar surface area (TPSA) is 35.5 Å². The van der Waals surface area contributed by atoms with Gasteiger partial charge in [0.2, 0.25) is 0 Å². The van der Waals surface area contributed by atoms with Crippen LogP contribution in [0.5, 0.6) is 0 Å². The molecular weight excluding hydrogens is 288 g/mol. The van der Waals surface area contributed by atoms with Crippen molar-refractivity contribution in [3.63, 3.8) is 0 Å². The monoisotopic (exact) mass is 310 g/mol. The molecular formula is C20H22O3. The van der Waals surface area contributed by atoms with E-state index in [1.807, 2.05) is 48.5 Å². The van der Waals surface area contributed by atoms with E-state index in [1.165, 1.54) is 5.56 Å². The standard InChI is InChI=1S/C20H22O3/c21-20(23-15-17-9-5-2-6-10-17)18-11-12-19(13-18)22-14-16-7-3-1-4-8-16/h1-10,18-19H,11-15H2. The first-order valence-electron chi connectivity index (χ1n) is 8.17. The van der Waals surface area contributed by atoms with Gasteiger partial charge in [0, 0.05) is 0 Å². The Balaban J connectivity index is 1.41. The van der Waals surface area contributed by atoms with Crippen molar-refractivity contribution < 1.29 is 14.3 Å². The Morgan fingerprint density at radius 3 is 2.13 bits per heavy atom. The summed E-state index contributed by atoms with van der Waals surface area (Å²) in [4.78, 5) is 12.2. The zero-order valence-corrected chi connectivity index (χ0v) is 13.2. The van der Waals surface area contributed by atoms with Crippen LogP contribution in [0, 0.1) is 5.92 Å². The van der Waals surface area contributed by atoms with Crippen molar-refractivity contribution in [2.24, 2.45) is 5.92 Å². The molecule has 0 saturated heterocycles. The predicted molar refractivity (Wildman–Crippen MR) is 88.6 cm³/mol. The molecule has 1 aliphatic rings. The van der Waals surface area contributed by atoms with Crippen molar-refractivity contribution in [1.29, 1.82) is 0 Å². The van der Waals surface area contributed by atoms with Gasteiger partial charge in [0.15, 0.2) is 0 Å². The molecule has 0 amide bonds. The maximum Gasteiger partial charge on any atom is 0.309 e. The maximum atomic E-state index is 12.2. The highest BCUT2D eigenvalue weighted by molar-refractivity contribution is 5.72. The van der Waals surface area contributed by atoms with Crippen molar-refractivity contribution in [3.8, 4) is 0 Å². The summed E-state index contributed by atoms with van der Waals surface area (Å²) in [5.41, 5.74) is 2.19. The summed E-state index contributed by atoms with van der Waals surface area (Å²) in [6, 6.07) is 19.9. The van der Waals surface area contributed by atoms with Crippen molar-refractivity contribution in [2.75, 3.05) is 0 Å². The minimum Gasteiger partial charge on any atom is -0.461 e. The van der Waals surface area contributed by atoms with Crippen LogP contribution in [0.15, 0.2) is 60.7 Å². The van der Waals surface area contributed by atoms with Gasteiger partial charge >= 0.3 is 5.97 Å². The lowest BCUT2D eigenvalue weighted by atomic mass is 10.1. The van der Waals surface area contributed by atoms with Crippen molar-refractivity contribution in [1.82, 2.24) is 0 Å². The average Bonchev–Trinajstić information content (AvgIpc) is 3.09.